The Balaban J connectivity index is 2.16. The van der Waals surface area contributed by atoms with Gasteiger partial charge in [-0.05, 0) is 24.3 Å². The Kier molecular flexibility index (Phi) is 3.86. The zero-order valence-electron chi connectivity index (χ0n) is 10.9. The molecular formula is C16H11BrFNO2. The highest BCUT2D eigenvalue weighted by atomic mass is 79.9. The SMILES string of the molecule is OCc1c(-c2cccc(F)c2)noc1-c1ccccc1Br. The van der Waals surface area contributed by atoms with Gasteiger partial charge in [-0.2, -0.15) is 0 Å². The second-order valence-electron chi connectivity index (χ2n) is 4.49. The first-order valence-electron chi connectivity index (χ1n) is 6.31. The van der Waals surface area contributed by atoms with E-state index in [1.807, 2.05) is 24.3 Å². The van der Waals surface area contributed by atoms with Crippen LogP contribution in [0.1, 0.15) is 5.56 Å². The van der Waals surface area contributed by atoms with Gasteiger partial charge in [0.1, 0.15) is 11.5 Å². The maximum atomic E-state index is 13.4. The third kappa shape index (κ3) is 2.62. The Morgan fingerprint density at radius 2 is 1.95 bits per heavy atom. The van der Waals surface area contributed by atoms with Crippen LogP contribution in [0.5, 0.6) is 0 Å². The minimum absolute atomic E-state index is 0.244. The summed E-state index contributed by atoms with van der Waals surface area (Å²) in [6.07, 6.45) is 0. The third-order valence-corrected chi connectivity index (χ3v) is 3.85. The fraction of sp³-hybridized carbons (Fsp3) is 0.0625. The molecular weight excluding hydrogens is 337 g/mol. The highest BCUT2D eigenvalue weighted by molar-refractivity contribution is 9.10. The summed E-state index contributed by atoms with van der Waals surface area (Å²) in [5, 5.41) is 13.7. The van der Waals surface area contributed by atoms with Gasteiger partial charge < -0.3 is 9.63 Å². The van der Waals surface area contributed by atoms with E-state index in [-0.39, 0.29) is 12.4 Å². The van der Waals surface area contributed by atoms with Gasteiger partial charge in [0.2, 0.25) is 0 Å². The molecule has 0 bridgehead atoms. The number of benzene rings is 2. The maximum absolute atomic E-state index is 13.4. The minimum atomic E-state index is -0.359. The Bertz CT molecular complexity index is 785. The van der Waals surface area contributed by atoms with E-state index in [0.29, 0.717) is 22.6 Å². The number of hydrogen-bond acceptors (Lipinski definition) is 3. The predicted octanol–water partition coefficient (Wildman–Crippen LogP) is 4.40. The van der Waals surface area contributed by atoms with E-state index in [2.05, 4.69) is 21.1 Å². The molecule has 0 unspecified atom stereocenters. The normalized spacial score (nSPS) is 10.8. The van der Waals surface area contributed by atoms with Crippen molar-refractivity contribution in [2.75, 3.05) is 0 Å². The van der Waals surface area contributed by atoms with Crippen molar-refractivity contribution in [2.24, 2.45) is 0 Å². The van der Waals surface area contributed by atoms with Crippen molar-refractivity contribution in [3.05, 3.63) is 64.4 Å². The predicted molar refractivity (Wildman–Crippen MR) is 81.0 cm³/mol. The number of hydrogen-bond donors (Lipinski definition) is 1. The molecule has 3 rings (SSSR count). The van der Waals surface area contributed by atoms with Gasteiger partial charge in [0.25, 0.3) is 0 Å². The fourth-order valence-electron chi connectivity index (χ4n) is 2.18. The van der Waals surface area contributed by atoms with E-state index in [1.54, 1.807) is 12.1 Å². The van der Waals surface area contributed by atoms with Gasteiger partial charge in [0, 0.05) is 15.6 Å². The standard InChI is InChI=1S/C16H11BrFNO2/c17-14-7-2-1-6-12(14)16-13(9-20)15(19-21-16)10-4-3-5-11(18)8-10/h1-8,20H,9H2. The van der Waals surface area contributed by atoms with Gasteiger partial charge in [0.05, 0.1) is 12.2 Å². The molecule has 1 heterocycles. The van der Waals surface area contributed by atoms with Crippen LogP contribution >= 0.6 is 15.9 Å². The number of halogens is 2. The first-order valence-corrected chi connectivity index (χ1v) is 7.10. The van der Waals surface area contributed by atoms with Crippen molar-refractivity contribution in [1.82, 2.24) is 5.16 Å². The molecule has 3 aromatic rings. The lowest BCUT2D eigenvalue weighted by Gasteiger charge is -2.03. The summed E-state index contributed by atoms with van der Waals surface area (Å²) in [6.45, 7) is -0.244. The Morgan fingerprint density at radius 1 is 1.14 bits per heavy atom. The van der Waals surface area contributed by atoms with Gasteiger partial charge >= 0.3 is 0 Å². The van der Waals surface area contributed by atoms with Crippen molar-refractivity contribution in [3.63, 3.8) is 0 Å². The van der Waals surface area contributed by atoms with Gasteiger partial charge in [-0.3, -0.25) is 0 Å². The van der Waals surface area contributed by atoms with Gasteiger partial charge in [-0.1, -0.05) is 45.4 Å². The summed E-state index contributed by atoms with van der Waals surface area (Å²) in [5.74, 6) is 0.117. The summed E-state index contributed by atoms with van der Waals surface area (Å²) in [6, 6.07) is 13.5. The second kappa shape index (κ2) is 5.79. The van der Waals surface area contributed by atoms with Crippen LogP contribution in [-0.2, 0) is 6.61 Å². The molecule has 2 aromatic carbocycles. The van der Waals surface area contributed by atoms with Gasteiger partial charge in [0.15, 0.2) is 5.76 Å². The molecule has 0 fully saturated rings. The summed E-state index contributed by atoms with van der Waals surface area (Å²) in [4.78, 5) is 0. The number of nitrogens with zero attached hydrogens (tertiary/aromatic N) is 1. The van der Waals surface area contributed by atoms with Crippen LogP contribution in [0, 0.1) is 5.82 Å². The summed E-state index contributed by atoms with van der Waals surface area (Å²) < 4.78 is 19.6. The van der Waals surface area contributed by atoms with Gasteiger partial charge in [-0.15, -0.1) is 0 Å². The molecule has 0 aliphatic heterocycles. The van der Waals surface area contributed by atoms with Gasteiger partial charge in [-0.25, -0.2) is 4.39 Å². The van der Waals surface area contributed by atoms with Crippen LogP contribution in [0.15, 0.2) is 57.5 Å². The topological polar surface area (TPSA) is 46.3 Å². The first-order chi connectivity index (χ1) is 10.2. The molecule has 3 nitrogen and oxygen atoms in total. The van der Waals surface area contributed by atoms with E-state index in [9.17, 15) is 9.50 Å². The summed E-state index contributed by atoms with van der Waals surface area (Å²) >= 11 is 3.44. The Labute approximate surface area is 129 Å². The van der Waals surface area contributed by atoms with Crippen molar-refractivity contribution in [1.29, 1.82) is 0 Å². The molecule has 0 saturated carbocycles. The number of aromatic nitrogens is 1. The lowest BCUT2D eigenvalue weighted by atomic mass is 10.0. The molecule has 0 amide bonds. The molecule has 0 atom stereocenters. The van der Waals surface area contributed by atoms with E-state index in [4.69, 9.17) is 4.52 Å². The van der Waals surface area contributed by atoms with Crippen LogP contribution in [0.3, 0.4) is 0 Å². The molecule has 0 aliphatic rings. The van der Waals surface area contributed by atoms with Crippen LogP contribution in [-0.4, -0.2) is 10.3 Å². The molecule has 106 valence electrons. The molecule has 5 heteroatoms. The van der Waals surface area contributed by atoms with Crippen LogP contribution in [0.2, 0.25) is 0 Å². The molecule has 1 N–H and O–H groups in total. The fourth-order valence-corrected chi connectivity index (χ4v) is 2.64. The Morgan fingerprint density at radius 3 is 2.67 bits per heavy atom. The van der Waals surface area contributed by atoms with Crippen LogP contribution in [0.25, 0.3) is 22.6 Å². The number of aliphatic hydroxyl groups is 1. The van der Waals surface area contributed by atoms with E-state index in [0.717, 1.165) is 10.0 Å². The molecule has 0 spiro atoms. The smallest absolute Gasteiger partial charge is 0.174 e. The zero-order valence-corrected chi connectivity index (χ0v) is 12.5. The molecule has 21 heavy (non-hydrogen) atoms. The average Bonchev–Trinajstić information content (AvgIpc) is 2.91. The highest BCUT2D eigenvalue weighted by Gasteiger charge is 2.19. The lowest BCUT2D eigenvalue weighted by molar-refractivity contribution is 0.281. The second-order valence-corrected chi connectivity index (χ2v) is 5.34. The van der Waals surface area contributed by atoms with E-state index < -0.39 is 0 Å². The maximum Gasteiger partial charge on any atom is 0.174 e. The zero-order chi connectivity index (χ0) is 14.8. The van der Waals surface area contributed by atoms with Crippen LogP contribution < -0.4 is 0 Å². The summed E-state index contributed by atoms with van der Waals surface area (Å²) in [7, 11) is 0. The molecule has 0 aliphatic carbocycles. The monoisotopic (exact) mass is 347 g/mol. The van der Waals surface area contributed by atoms with Crippen molar-refractivity contribution in [3.8, 4) is 22.6 Å². The van der Waals surface area contributed by atoms with E-state index in [1.165, 1.54) is 12.1 Å². The average molecular weight is 348 g/mol. The number of aliphatic hydroxyl groups excluding tert-OH is 1. The molecule has 1 aromatic heterocycles. The van der Waals surface area contributed by atoms with Crippen molar-refractivity contribution < 1.29 is 14.0 Å². The highest BCUT2D eigenvalue weighted by Crippen LogP contribution is 2.35. The molecule has 0 radical (unpaired) electrons. The quantitative estimate of drug-likeness (QED) is 0.763. The van der Waals surface area contributed by atoms with Crippen LogP contribution in [0.4, 0.5) is 4.39 Å². The number of rotatable bonds is 3. The third-order valence-electron chi connectivity index (χ3n) is 3.16. The lowest BCUT2D eigenvalue weighted by Crippen LogP contribution is -1.90. The Hall–Kier alpha value is -1.98. The van der Waals surface area contributed by atoms with Crippen molar-refractivity contribution >= 4 is 15.9 Å². The largest absolute Gasteiger partial charge is 0.391 e. The van der Waals surface area contributed by atoms with E-state index >= 15 is 0 Å². The van der Waals surface area contributed by atoms with Crippen molar-refractivity contribution in [2.45, 2.75) is 6.61 Å². The minimum Gasteiger partial charge on any atom is -0.391 e. The molecule has 0 saturated heterocycles. The summed E-state index contributed by atoms with van der Waals surface area (Å²) in [5.41, 5.74) is 2.34. The first kappa shape index (κ1) is 14.0.